The molecular formula is C17H28N4O2. The third-order valence-corrected chi connectivity index (χ3v) is 3.32. The van der Waals surface area contributed by atoms with Gasteiger partial charge in [0, 0.05) is 13.1 Å². The lowest BCUT2D eigenvalue weighted by molar-refractivity contribution is 0.226. The van der Waals surface area contributed by atoms with Crippen molar-refractivity contribution in [3.05, 3.63) is 35.9 Å². The first-order chi connectivity index (χ1) is 11.2. The van der Waals surface area contributed by atoms with Crippen molar-refractivity contribution >= 4 is 12.1 Å². The number of carbonyl (C=O) groups excluding carboxylic acids is 2. The Bertz CT molecular complexity index is 441. The Labute approximate surface area is 138 Å². The monoisotopic (exact) mass is 320 g/mol. The van der Waals surface area contributed by atoms with Gasteiger partial charge in [0.1, 0.15) is 6.17 Å². The first-order valence-electron chi connectivity index (χ1n) is 8.31. The normalized spacial score (nSPS) is 10.2. The average Bonchev–Trinajstić information content (AvgIpc) is 2.55. The second-order valence-electron chi connectivity index (χ2n) is 5.35. The second kappa shape index (κ2) is 11.3. The van der Waals surface area contributed by atoms with E-state index in [0.717, 1.165) is 31.2 Å². The Kier molecular flexibility index (Phi) is 9.28. The Morgan fingerprint density at radius 1 is 0.870 bits per heavy atom. The molecule has 23 heavy (non-hydrogen) atoms. The first kappa shape index (κ1) is 18.8. The van der Waals surface area contributed by atoms with Gasteiger partial charge in [-0.2, -0.15) is 0 Å². The quantitative estimate of drug-likeness (QED) is 0.417. The van der Waals surface area contributed by atoms with Crippen LogP contribution in [0.1, 0.15) is 51.3 Å². The van der Waals surface area contributed by atoms with Crippen LogP contribution in [0.3, 0.4) is 0 Å². The van der Waals surface area contributed by atoms with Crippen molar-refractivity contribution in [3.8, 4) is 0 Å². The van der Waals surface area contributed by atoms with Crippen LogP contribution in [0.2, 0.25) is 0 Å². The van der Waals surface area contributed by atoms with Crippen molar-refractivity contribution in [1.82, 2.24) is 21.3 Å². The molecule has 0 aliphatic rings. The standard InChI is InChI=1S/C17H28N4O2/c1-3-5-12-18-16(22)20-15(14-10-8-7-9-11-14)21-17(23)19-13-6-4-2/h7-11,15H,3-6,12-13H2,1-2H3,(H2,18,20,22)(H2,19,21,23). The topological polar surface area (TPSA) is 82.3 Å². The third-order valence-electron chi connectivity index (χ3n) is 3.32. The summed E-state index contributed by atoms with van der Waals surface area (Å²) in [5.74, 6) is 0. The molecular weight excluding hydrogens is 292 g/mol. The van der Waals surface area contributed by atoms with Crippen molar-refractivity contribution in [2.24, 2.45) is 0 Å². The van der Waals surface area contributed by atoms with Gasteiger partial charge >= 0.3 is 12.1 Å². The van der Waals surface area contributed by atoms with Crippen LogP contribution in [0.4, 0.5) is 9.59 Å². The number of carbonyl (C=O) groups is 2. The van der Waals surface area contributed by atoms with Crippen molar-refractivity contribution in [3.63, 3.8) is 0 Å². The largest absolute Gasteiger partial charge is 0.338 e. The van der Waals surface area contributed by atoms with E-state index in [2.05, 4.69) is 35.1 Å². The molecule has 0 spiro atoms. The van der Waals surface area contributed by atoms with E-state index in [1.807, 2.05) is 30.3 Å². The zero-order valence-corrected chi connectivity index (χ0v) is 14.0. The van der Waals surface area contributed by atoms with Crippen LogP contribution in [-0.4, -0.2) is 25.2 Å². The van der Waals surface area contributed by atoms with E-state index in [9.17, 15) is 9.59 Å². The lowest BCUT2D eigenvalue weighted by Crippen LogP contribution is -2.48. The lowest BCUT2D eigenvalue weighted by Gasteiger charge is -2.21. The smallest absolute Gasteiger partial charge is 0.316 e. The maximum Gasteiger partial charge on any atom is 0.316 e. The molecule has 0 radical (unpaired) electrons. The molecule has 4 N–H and O–H groups in total. The highest BCUT2D eigenvalue weighted by Gasteiger charge is 2.16. The summed E-state index contributed by atoms with van der Waals surface area (Å²) >= 11 is 0. The van der Waals surface area contributed by atoms with Crippen LogP contribution in [-0.2, 0) is 0 Å². The van der Waals surface area contributed by atoms with Gasteiger partial charge in [0.25, 0.3) is 0 Å². The summed E-state index contributed by atoms with van der Waals surface area (Å²) in [6.07, 6.45) is 3.31. The molecule has 1 aromatic rings. The number of hydrogen-bond donors (Lipinski definition) is 4. The molecule has 0 aliphatic carbocycles. The minimum absolute atomic E-state index is 0.291. The molecule has 0 saturated carbocycles. The summed E-state index contributed by atoms with van der Waals surface area (Å²) in [6.45, 7) is 5.36. The fourth-order valence-corrected chi connectivity index (χ4v) is 1.97. The van der Waals surface area contributed by atoms with Crippen LogP contribution in [0.15, 0.2) is 30.3 Å². The Morgan fingerprint density at radius 2 is 1.35 bits per heavy atom. The second-order valence-corrected chi connectivity index (χ2v) is 5.35. The van der Waals surface area contributed by atoms with Crippen molar-refractivity contribution < 1.29 is 9.59 Å². The van der Waals surface area contributed by atoms with Crippen LogP contribution in [0.25, 0.3) is 0 Å². The van der Waals surface area contributed by atoms with Crippen molar-refractivity contribution in [2.45, 2.75) is 45.7 Å². The van der Waals surface area contributed by atoms with Gasteiger partial charge in [-0.25, -0.2) is 9.59 Å². The minimum Gasteiger partial charge on any atom is -0.338 e. The molecule has 0 unspecified atom stereocenters. The summed E-state index contributed by atoms with van der Waals surface area (Å²) in [6, 6.07) is 8.78. The number of unbranched alkanes of at least 4 members (excludes halogenated alkanes) is 2. The van der Waals surface area contributed by atoms with E-state index in [1.54, 1.807) is 0 Å². The number of hydrogen-bond acceptors (Lipinski definition) is 2. The molecule has 6 nitrogen and oxygen atoms in total. The maximum absolute atomic E-state index is 11.9. The predicted octanol–water partition coefficient (Wildman–Crippen LogP) is 2.88. The molecule has 1 rings (SSSR count). The van der Waals surface area contributed by atoms with Crippen molar-refractivity contribution in [2.75, 3.05) is 13.1 Å². The number of urea groups is 2. The van der Waals surface area contributed by atoms with Crippen LogP contribution < -0.4 is 21.3 Å². The highest BCUT2D eigenvalue weighted by Crippen LogP contribution is 2.09. The molecule has 1 aromatic carbocycles. The lowest BCUT2D eigenvalue weighted by atomic mass is 10.2. The zero-order valence-electron chi connectivity index (χ0n) is 14.0. The van der Waals surface area contributed by atoms with E-state index >= 15 is 0 Å². The molecule has 0 atom stereocenters. The van der Waals surface area contributed by atoms with E-state index in [0.29, 0.717) is 13.1 Å². The van der Waals surface area contributed by atoms with Gasteiger partial charge < -0.3 is 21.3 Å². The number of nitrogens with one attached hydrogen (secondary N) is 4. The van der Waals surface area contributed by atoms with Gasteiger partial charge in [-0.1, -0.05) is 57.0 Å². The van der Waals surface area contributed by atoms with Gasteiger partial charge in [0.15, 0.2) is 0 Å². The van der Waals surface area contributed by atoms with E-state index in [-0.39, 0.29) is 12.1 Å². The molecule has 0 bridgehead atoms. The van der Waals surface area contributed by atoms with E-state index in [4.69, 9.17) is 0 Å². The summed E-state index contributed by atoms with van der Waals surface area (Å²) in [5.41, 5.74) is 0.823. The fourth-order valence-electron chi connectivity index (χ4n) is 1.97. The highest BCUT2D eigenvalue weighted by atomic mass is 16.2. The van der Waals surface area contributed by atoms with Crippen LogP contribution in [0.5, 0.6) is 0 Å². The number of amides is 4. The van der Waals surface area contributed by atoms with Gasteiger partial charge in [-0.15, -0.1) is 0 Å². The SMILES string of the molecule is CCCCNC(=O)NC(NC(=O)NCCCC)c1ccccc1. The summed E-state index contributed by atoms with van der Waals surface area (Å²) in [5, 5.41) is 11.2. The summed E-state index contributed by atoms with van der Waals surface area (Å²) in [4.78, 5) is 23.9. The minimum atomic E-state index is -0.570. The van der Waals surface area contributed by atoms with E-state index in [1.165, 1.54) is 0 Å². The Balaban J connectivity index is 2.59. The van der Waals surface area contributed by atoms with Crippen molar-refractivity contribution in [1.29, 1.82) is 0 Å². The molecule has 0 heterocycles. The third kappa shape index (κ3) is 8.09. The molecule has 6 heteroatoms. The average molecular weight is 320 g/mol. The molecule has 128 valence electrons. The Morgan fingerprint density at radius 3 is 1.78 bits per heavy atom. The van der Waals surface area contributed by atoms with Gasteiger partial charge in [-0.3, -0.25) is 0 Å². The van der Waals surface area contributed by atoms with Gasteiger partial charge in [0.05, 0.1) is 0 Å². The zero-order chi connectivity index (χ0) is 16.9. The van der Waals surface area contributed by atoms with Crippen LogP contribution >= 0.6 is 0 Å². The summed E-state index contributed by atoms with van der Waals surface area (Å²) in [7, 11) is 0. The van der Waals surface area contributed by atoms with Gasteiger partial charge in [0.2, 0.25) is 0 Å². The molecule has 4 amide bonds. The van der Waals surface area contributed by atoms with Crippen LogP contribution in [0, 0.1) is 0 Å². The summed E-state index contributed by atoms with van der Waals surface area (Å²) < 4.78 is 0. The number of rotatable bonds is 9. The molecule has 0 aromatic heterocycles. The fraction of sp³-hybridized carbons (Fsp3) is 0.529. The molecule has 0 aliphatic heterocycles. The maximum atomic E-state index is 11.9. The van der Waals surface area contributed by atoms with E-state index < -0.39 is 6.17 Å². The highest BCUT2D eigenvalue weighted by molar-refractivity contribution is 5.77. The number of benzene rings is 1. The Hall–Kier alpha value is -2.24. The first-order valence-corrected chi connectivity index (χ1v) is 8.31. The van der Waals surface area contributed by atoms with Gasteiger partial charge in [-0.05, 0) is 18.4 Å². The predicted molar refractivity (Wildman–Crippen MR) is 92.1 cm³/mol. The molecule has 0 fully saturated rings. The molecule has 0 saturated heterocycles.